The minimum atomic E-state index is -3.92. The molecule has 0 saturated heterocycles. The van der Waals surface area contributed by atoms with Crippen molar-refractivity contribution in [2.45, 2.75) is 18.7 Å². The molecule has 0 fully saturated rings. The SMILES string of the molecule is CCOc1ncc(NS(=O)(=O)c2ccc(OC)c(OC)c2)c(OCC)n1. The highest BCUT2D eigenvalue weighted by atomic mass is 32.2. The van der Waals surface area contributed by atoms with Crippen molar-refractivity contribution < 1.29 is 27.4 Å². The lowest BCUT2D eigenvalue weighted by Crippen LogP contribution is -2.15. The summed E-state index contributed by atoms with van der Waals surface area (Å²) in [5.41, 5.74) is 0.102. The number of anilines is 1. The average Bonchev–Trinajstić information content (AvgIpc) is 2.63. The number of aromatic nitrogens is 2. The summed E-state index contributed by atoms with van der Waals surface area (Å²) in [5.74, 6) is 0.796. The van der Waals surface area contributed by atoms with Crippen LogP contribution in [0.3, 0.4) is 0 Å². The van der Waals surface area contributed by atoms with Crippen LogP contribution in [0.1, 0.15) is 13.8 Å². The van der Waals surface area contributed by atoms with E-state index in [4.69, 9.17) is 18.9 Å². The third-order valence-electron chi connectivity index (χ3n) is 3.20. The Morgan fingerprint density at radius 3 is 2.35 bits per heavy atom. The van der Waals surface area contributed by atoms with E-state index in [9.17, 15) is 8.42 Å². The molecule has 2 aromatic rings. The fourth-order valence-electron chi connectivity index (χ4n) is 2.05. The number of nitrogens with zero attached hydrogens (tertiary/aromatic N) is 2. The molecular weight excluding hydrogens is 362 g/mol. The zero-order valence-electron chi connectivity index (χ0n) is 15.0. The maximum atomic E-state index is 12.7. The number of hydrogen-bond donors (Lipinski definition) is 1. The molecule has 26 heavy (non-hydrogen) atoms. The molecule has 0 aliphatic heterocycles. The molecule has 1 aromatic heterocycles. The van der Waals surface area contributed by atoms with E-state index in [0.29, 0.717) is 24.7 Å². The average molecular weight is 383 g/mol. The van der Waals surface area contributed by atoms with E-state index in [1.165, 1.54) is 38.6 Å². The van der Waals surface area contributed by atoms with Gasteiger partial charge in [0.1, 0.15) is 5.69 Å². The van der Waals surface area contributed by atoms with Crippen LogP contribution in [-0.2, 0) is 10.0 Å². The minimum absolute atomic E-state index is 0.00789. The lowest BCUT2D eigenvalue weighted by atomic mass is 10.3. The Hall–Kier alpha value is -2.75. The van der Waals surface area contributed by atoms with Gasteiger partial charge in [-0.15, -0.1) is 0 Å². The highest BCUT2D eigenvalue weighted by molar-refractivity contribution is 7.92. The Labute approximate surface area is 152 Å². The molecule has 0 aliphatic carbocycles. The second-order valence-corrected chi connectivity index (χ2v) is 6.54. The van der Waals surface area contributed by atoms with Crippen molar-refractivity contribution in [3.8, 4) is 23.4 Å². The second-order valence-electron chi connectivity index (χ2n) is 4.86. The van der Waals surface area contributed by atoms with Gasteiger partial charge >= 0.3 is 6.01 Å². The first-order valence-corrected chi connectivity index (χ1v) is 9.31. The van der Waals surface area contributed by atoms with Crippen LogP contribution in [0.2, 0.25) is 0 Å². The first-order valence-electron chi connectivity index (χ1n) is 7.82. The number of hydrogen-bond acceptors (Lipinski definition) is 8. The molecule has 10 heteroatoms. The number of rotatable bonds is 9. The molecule has 142 valence electrons. The summed E-state index contributed by atoms with van der Waals surface area (Å²) in [4.78, 5) is 8.02. The van der Waals surface area contributed by atoms with Crippen molar-refractivity contribution in [1.82, 2.24) is 9.97 Å². The third kappa shape index (κ3) is 4.45. The van der Waals surface area contributed by atoms with Crippen LogP contribution in [0.5, 0.6) is 23.4 Å². The Kier molecular flexibility index (Phi) is 6.45. The van der Waals surface area contributed by atoms with E-state index >= 15 is 0 Å². The maximum Gasteiger partial charge on any atom is 0.319 e. The summed E-state index contributed by atoms with van der Waals surface area (Å²) in [6, 6.07) is 4.37. The molecule has 9 nitrogen and oxygen atoms in total. The highest BCUT2D eigenvalue weighted by Crippen LogP contribution is 2.31. The van der Waals surface area contributed by atoms with Gasteiger partial charge in [-0.2, -0.15) is 4.98 Å². The molecule has 0 bridgehead atoms. The van der Waals surface area contributed by atoms with Crippen molar-refractivity contribution >= 4 is 15.7 Å². The molecule has 0 amide bonds. The summed E-state index contributed by atoms with van der Waals surface area (Å²) in [6.45, 7) is 4.22. The molecule has 1 heterocycles. The zero-order chi connectivity index (χ0) is 19.2. The van der Waals surface area contributed by atoms with Gasteiger partial charge in [0.2, 0.25) is 5.88 Å². The summed E-state index contributed by atoms with van der Waals surface area (Å²) < 4.78 is 48.6. The predicted octanol–water partition coefficient (Wildman–Crippen LogP) is 2.09. The number of sulfonamides is 1. The van der Waals surface area contributed by atoms with Gasteiger partial charge in [0.05, 0.1) is 38.5 Å². The van der Waals surface area contributed by atoms with Crippen LogP contribution >= 0.6 is 0 Å². The molecule has 1 aromatic carbocycles. The molecule has 1 N–H and O–H groups in total. The Morgan fingerprint density at radius 2 is 1.73 bits per heavy atom. The predicted molar refractivity (Wildman–Crippen MR) is 94.7 cm³/mol. The Balaban J connectivity index is 2.37. The van der Waals surface area contributed by atoms with Crippen LogP contribution in [0, 0.1) is 0 Å². The maximum absolute atomic E-state index is 12.7. The van der Waals surface area contributed by atoms with Gasteiger partial charge in [-0.25, -0.2) is 13.4 Å². The van der Waals surface area contributed by atoms with Gasteiger partial charge in [-0.1, -0.05) is 0 Å². The topological polar surface area (TPSA) is 109 Å². The van der Waals surface area contributed by atoms with Gasteiger partial charge < -0.3 is 18.9 Å². The summed E-state index contributed by atoms with van der Waals surface area (Å²) in [7, 11) is -1.03. The lowest BCUT2D eigenvalue weighted by molar-refractivity contribution is 0.290. The number of benzene rings is 1. The second kappa shape index (κ2) is 8.56. The molecule has 2 rings (SSSR count). The number of ether oxygens (including phenoxy) is 4. The third-order valence-corrected chi connectivity index (χ3v) is 4.56. The van der Waals surface area contributed by atoms with Gasteiger partial charge in [-0.3, -0.25) is 4.72 Å². The first kappa shape index (κ1) is 19.6. The summed E-state index contributed by atoms with van der Waals surface area (Å²) in [5, 5.41) is 0. The molecule has 0 radical (unpaired) electrons. The van der Waals surface area contributed by atoms with Crippen molar-refractivity contribution in [2.24, 2.45) is 0 Å². The fraction of sp³-hybridized carbons (Fsp3) is 0.375. The number of nitrogens with one attached hydrogen (secondary N) is 1. The number of methoxy groups -OCH3 is 2. The standard InChI is InChI=1S/C16H21N3O6S/c1-5-24-15-12(10-17-16(18-15)25-6-2)19-26(20,21)11-7-8-13(22-3)14(9-11)23-4/h7-10,19H,5-6H2,1-4H3. The minimum Gasteiger partial charge on any atom is -0.493 e. The molecule has 0 atom stereocenters. The monoisotopic (exact) mass is 383 g/mol. The summed E-state index contributed by atoms with van der Waals surface area (Å²) >= 11 is 0. The first-order chi connectivity index (χ1) is 12.4. The smallest absolute Gasteiger partial charge is 0.319 e. The van der Waals surface area contributed by atoms with Crippen molar-refractivity contribution in [3.63, 3.8) is 0 Å². The van der Waals surface area contributed by atoms with Gasteiger partial charge in [0, 0.05) is 6.07 Å². The molecular formula is C16H21N3O6S. The van der Waals surface area contributed by atoms with Crippen molar-refractivity contribution in [3.05, 3.63) is 24.4 Å². The van der Waals surface area contributed by atoms with Gasteiger partial charge in [-0.05, 0) is 26.0 Å². The van der Waals surface area contributed by atoms with Crippen molar-refractivity contribution in [1.29, 1.82) is 0 Å². The zero-order valence-corrected chi connectivity index (χ0v) is 15.8. The molecule has 0 saturated carbocycles. The van der Waals surface area contributed by atoms with Gasteiger partial charge in [0.25, 0.3) is 10.0 Å². The van der Waals surface area contributed by atoms with E-state index in [-0.39, 0.29) is 22.5 Å². The Bertz CT molecular complexity index is 857. The lowest BCUT2D eigenvalue weighted by Gasteiger charge is -2.14. The van der Waals surface area contributed by atoms with Crippen molar-refractivity contribution in [2.75, 3.05) is 32.2 Å². The van der Waals surface area contributed by atoms with Crippen LogP contribution < -0.4 is 23.7 Å². The largest absolute Gasteiger partial charge is 0.493 e. The normalized spacial score (nSPS) is 10.9. The van der Waals surface area contributed by atoms with Gasteiger partial charge in [0.15, 0.2) is 11.5 Å². The van der Waals surface area contributed by atoms with Crippen LogP contribution in [0.4, 0.5) is 5.69 Å². The van der Waals surface area contributed by atoms with Crippen LogP contribution in [0.25, 0.3) is 0 Å². The van der Waals surface area contributed by atoms with E-state index < -0.39 is 10.0 Å². The van der Waals surface area contributed by atoms with Crippen LogP contribution in [-0.4, -0.2) is 45.8 Å². The molecule has 0 unspecified atom stereocenters. The van der Waals surface area contributed by atoms with E-state index in [1.54, 1.807) is 13.8 Å². The van der Waals surface area contributed by atoms with Crippen LogP contribution in [0.15, 0.2) is 29.3 Å². The highest BCUT2D eigenvalue weighted by Gasteiger charge is 2.20. The van der Waals surface area contributed by atoms with E-state index in [1.807, 2.05) is 0 Å². The summed E-state index contributed by atoms with van der Waals surface area (Å²) in [6.07, 6.45) is 1.29. The van der Waals surface area contributed by atoms with E-state index in [0.717, 1.165) is 0 Å². The van der Waals surface area contributed by atoms with E-state index in [2.05, 4.69) is 14.7 Å². The fourth-order valence-corrected chi connectivity index (χ4v) is 3.11. The Morgan fingerprint density at radius 1 is 1.04 bits per heavy atom. The molecule has 0 aliphatic rings. The molecule has 0 spiro atoms. The quantitative estimate of drug-likeness (QED) is 0.701.